The van der Waals surface area contributed by atoms with Crippen molar-refractivity contribution in [3.63, 3.8) is 0 Å². The number of aromatic nitrogens is 1. The second kappa shape index (κ2) is 8.52. The molecule has 0 amide bonds. The molecule has 3 aromatic rings. The normalized spacial score (nSPS) is 18.4. The summed E-state index contributed by atoms with van der Waals surface area (Å²) in [6, 6.07) is 8.54. The van der Waals surface area contributed by atoms with Gasteiger partial charge in [0.05, 0.1) is 27.2 Å². The summed E-state index contributed by atoms with van der Waals surface area (Å²) in [4.78, 5) is 7.86. The molecule has 0 radical (unpaired) electrons. The van der Waals surface area contributed by atoms with E-state index in [1.807, 2.05) is 18.2 Å². The molecule has 1 aromatic heterocycles. The minimum absolute atomic E-state index is 0.513. The van der Waals surface area contributed by atoms with E-state index in [4.69, 9.17) is 9.59 Å². The van der Waals surface area contributed by atoms with E-state index < -0.39 is 0 Å². The maximum absolute atomic E-state index is 8.72. The minimum Gasteiger partial charge on any atom is -0.368 e. The highest BCUT2D eigenvalue weighted by Gasteiger charge is 2.32. The van der Waals surface area contributed by atoms with Gasteiger partial charge in [-0.3, -0.25) is 0 Å². The van der Waals surface area contributed by atoms with Crippen molar-refractivity contribution in [2.45, 2.75) is 43.5 Å². The minimum atomic E-state index is 0.513. The van der Waals surface area contributed by atoms with E-state index in [9.17, 15) is 0 Å². The number of azo groups is 1. The number of hydrogen-bond acceptors (Lipinski definition) is 9. The van der Waals surface area contributed by atoms with Gasteiger partial charge in [-0.1, -0.05) is 32.3 Å². The molecule has 0 saturated carbocycles. The Morgan fingerprint density at radius 1 is 1.30 bits per heavy atom. The molecule has 3 heterocycles. The third-order valence-electron chi connectivity index (χ3n) is 5.61. The lowest BCUT2D eigenvalue weighted by Gasteiger charge is -2.42. The fraction of sp³-hybridized carbons (Fsp3) is 0.350. The van der Waals surface area contributed by atoms with Crippen LogP contribution in [0.25, 0.3) is 10.2 Å². The number of anilines is 1. The zero-order valence-corrected chi connectivity index (χ0v) is 19.4. The predicted molar refractivity (Wildman–Crippen MR) is 122 cm³/mol. The fourth-order valence-electron chi connectivity index (χ4n) is 4.28. The summed E-state index contributed by atoms with van der Waals surface area (Å²) < 4.78 is 6.89. The molecule has 0 fully saturated rings. The van der Waals surface area contributed by atoms with Gasteiger partial charge >= 0.3 is 0 Å². The second-order valence-corrected chi connectivity index (χ2v) is 10.1. The lowest BCUT2D eigenvalue weighted by molar-refractivity contribution is -0.432. The van der Waals surface area contributed by atoms with Crippen molar-refractivity contribution in [2.24, 2.45) is 10.2 Å². The highest BCUT2D eigenvalue weighted by Crippen LogP contribution is 2.47. The van der Waals surface area contributed by atoms with Crippen LogP contribution in [-0.4, -0.2) is 22.8 Å². The number of nitrogens with zero attached hydrogens (tertiary/aromatic N) is 4. The van der Waals surface area contributed by atoms with Gasteiger partial charge in [-0.25, -0.2) is 10.2 Å². The van der Waals surface area contributed by atoms with Gasteiger partial charge in [0, 0.05) is 22.7 Å². The number of fused-ring (bicyclic) bond motifs is 1. The molecule has 2 aromatic carbocycles. The molecule has 1 unspecified atom stereocenters. The highest BCUT2D eigenvalue weighted by atomic mass is 79.9. The van der Waals surface area contributed by atoms with Gasteiger partial charge < -0.3 is 4.90 Å². The van der Waals surface area contributed by atoms with E-state index in [-0.39, 0.29) is 0 Å². The van der Waals surface area contributed by atoms with Gasteiger partial charge in [0.2, 0.25) is 5.13 Å². The van der Waals surface area contributed by atoms with Crippen molar-refractivity contribution >= 4 is 66.0 Å². The Morgan fingerprint density at radius 2 is 2.20 bits per heavy atom. The molecule has 2 aliphatic rings. The Hall–Kier alpha value is -1.56. The Labute approximate surface area is 190 Å². The SMILES string of the molecule is CC1CCc2c(SOOO)c(/N=N/c3nc4ccc(Br)cc4s3)cc3c2N1CCC3. The van der Waals surface area contributed by atoms with E-state index in [2.05, 4.69) is 54.1 Å². The molecule has 7 nitrogen and oxygen atoms in total. The zero-order valence-electron chi connectivity index (χ0n) is 16.2. The van der Waals surface area contributed by atoms with Crippen LogP contribution in [0, 0.1) is 0 Å². The summed E-state index contributed by atoms with van der Waals surface area (Å²) in [5.74, 6) is 0. The quantitative estimate of drug-likeness (QED) is 0.174. The average molecular weight is 507 g/mol. The number of rotatable bonds is 5. The number of thiazole rings is 1. The van der Waals surface area contributed by atoms with Crippen LogP contribution in [0.3, 0.4) is 0 Å². The Balaban J connectivity index is 1.57. The van der Waals surface area contributed by atoms with Crippen molar-refractivity contribution < 1.29 is 14.6 Å². The van der Waals surface area contributed by atoms with Crippen molar-refractivity contribution in [2.75, 3.05) is 11.4 Å². The smallest absolute Gasteiger partial charge is 0.231 e. The molecule has 1 N–H and O–H groups in total. The third-order valence-corrected chi connectivity index (χ3v) is 7.76. The molecule has 0 bridgehead atoms. The first kappa shape index (κ1) is 20.3. The molecule has 0 saturated heterocycles. The monoisotopic (exact) mass is 506 g/mol. The largest absolute Gasteiger partial charge is 0.368 e. The topological polar surface area (TPSA) is 79.5 Å². The molecule has 0 spiro atoms. The van der Waals surface area contributed by atoms with Crippen LogP contribution in [0.1, 0.15) is 30.9 Å². The summed E-state index contributed by atoms with van der Waals surface area (Å²) in [6.07, 6.45) is 4.14. The van der Waals surface area contributed by atoms with Gasteiger partial charge in [0.1, 0.15) is 5.69 Å². The van der Waals surface area contributed by atoms with Gasteiger partial charge in [-0.05, 0) is 68.0 Å². The maximum Gasteiger partial charge on any atom is 0.231 e. The first-order chi connectivity index (χ1) is 14.6. The van der Waals surface area contributed by atoms with Crippen molar-refractivity contribution in [3.05, 3.63) is 39.9 Å². The van der Waals surface area contributed by atoms with Crippen molar-refractivity contribution in [1.29, 1.82) is 0 Å². The lowest BCUT2D eigenvalue weighted by atomic mass is 9.88. The summed E-state index contributed by atoms with van der Waals surface area (Å²) in [5.41, 5.74) is 5.37. The van der Waals surface area contributed by atoms with Crippen LogP contribution >= 0.6 is 39.3 Å². The lowest BCUT2D eigenvalue weighted by Crippen LogP contribution is -2.41. The Kier molecular flexibility index (Phi) is 5.78. The van der Waals surface area contributed by atoms with Gasteiger partial charge in [-0.15, -0.1) is 14.6 Å². The number of hydrogen-bond donors (Lipinski definition) is 1. The molecular formula is C20H19BrN4O3S2. The molecule has 0 aliphatic carbocycles. The molecule has 5 rings (SSSR count). The molecule has 2 aliphatic heterocycles. The van der Waals surface area contributed by atoms with Crippen LogP contribution in [-0.2, 0) is 22.2 Å². The zero-order chi connectivity index (χ0) is 20.7. The second-order valence-electron chi connectivity index (χ2n) is 7.43. The van der Waals surface area contributed by atoms with Gasteiger partial charge in [-0.2, -0.15) is 0 Å². The van der Waals surface area contributed by atoms with E-state index in [0.717, 1.165) is 63.9 Å². The van der Waals surface area contributed by atoms with Gasteiger partial charge in [0.15, 0.2) is 0 Å². The Morgan fingerprint density at radius 3 is 3.07 bits per heavy atom. The summed E-state index contributed by atoms with van der Waals surface area (Å²) in [7, 11) is 0. The summed E-state index contributed by atoms with van der Waals surface area (Å²) >= 11 is 5.96. The maximum atomic E-state index is 8.72. The molecule has 156 valence electrons. The van der Waals surface area contributed by atoms with E-state index in [1.54, 1.807) is 0 Å². The summed E-state index contributed by atoms with van der Waals surface area (Å²) in [6.45, 7) is 3.34. The van der Waals surface area contributed by atoms with E-state index >= 15 is 0 Å². The van der Waals surface area contributed by atoms with Crippen LogP contribution < -0.4 is 4.90 Å². The highest BCUT2D eigenvalue weighted by molar-refractivity contribution is 9.10. The number of aryl methyl sites for hydroxylation is 1. The molecule has 10 heteroatoms. The number of benzene rings is 2. The molecule has 30 heavy (non-hydrogen) atoms. The molecular weight excluding hydrogens is 488 g/mol. The standard InChI is InChI=1S/C20H19BrN4O3S2/c1-11-4-6-14-18-12(3-2-8-25(11)18)9-16(19(14)30-28-27-26)23-24-20-22-15-7-5-13(21)10-17(15)29-20/h5,7,9-11,26H,2-4,6,8H2,1H3/b24-23+. The molecule has 1 atom stereocenters. The van der Waals surface area contributed by atoms with Crippen molar-refractivity contribution in [1.82, 2.24) is 4.98 Å². The number of halogens is 1. The summed E-state index contributed by atoms with van der Waals surface area (Å²) in [5, 5.41) is 22.2. The van der Waals surface area contributed by atoms with Crippen LogP contribution in [0.4, 0.5) is 16.5 Å². The van der Waals surface area contributed by atoms with Crippen LogP contribution in [0.15, 0.2) is 43.9 Å². The third kappa shape index (κ3) is 3.76. The van der Waals surface area contributed by atoms with Crippen LogP contribution in [0.5, 0.6) is 0 Å². The van der Waals surface area contributed by atoms with E-state index in [0.29, 0.717) is 16.9 Å². The van der Waals surface area contributed by atoms with Crippen molar-refractivity contribution in [3.8, 4) is 0 Å². The predicted octanol–water partition coefficient (Wildman–Crippen LogP) is 6.99. The Bertz CT molecular complexity index is 1140. The fourth-order valence-corrected chi connectivity index (χ4v) is 6.20. The van der Waals surface area contributed by atoms with E-state index in [1.165, 1.54) is 28.2 Å². The van der Waals surface area contributed by atoms with Gasteiger partial charge in [0.25, 0.3) is 0 Å². The average Bonchev–Trinajstić information content (AvgIpc) is 3.15. The first-order valence-corrected chi connectivity index (χ1v) is 12.1. The first-order valence-electron chi connectivity index (χ1n) is 9.72. The van der Waals surface area contributed by atoms with Crippen LogP contribution in [0.2, 0.25) is 0 Å².